The topological polar surface area (TPSA) is 170 Å². The van der Waals surface area contributed by atoms with Crippen LogP contribution in [0, 0.1) is 5.92 Å². The molecular weight excluding hydrogens is 757 g/mol. The Morgan fingerprint density at radius 2 is 1.69 bits per heavy atom. The largest absolute Gasteiger partial charge is 0.497 e. The van der Waals surface area contributed by atoms with Crippen molar-refractivity contribution in [2.75, 3.05) is 20.2 Å². The molecule has 4 rings (SSSR count). The number of likely N-dealkylation sites (tertiary alicyclic amines) is 1. The number of halogens is 6. The number of amides is 4. The van der Waals surface area contributed by atoms with E-state index in [-0.39, 0.29) is 37.3 Å². The molecule has 1 aliphatic rings. The van der Waals surface area contributed by atoms with E-state index in [2.05, 4.69) is 10.3 Å². The van der Waals surface area contributed by atoms with Crippen molar-refractivity contribution in [2.45, 2.75) is 69.5 Å². The van der Waals surface area contributed by atoms with E-state index in [1.54, 1.807) is 48.5 Å². The van der Waals surface area contributed by atoms with E-state index in [0.717, 1.165) is 10.2 Å². The molecule has 0 aliphatic carbocycles. The SMILES string of the molecule is COc1ccc(CO[C@@H]2C[C@@H](C(=O)N[C@H](C(=O)C(F)(F)C(=O)NCC(F)(F)F)C(C)C)N(C(=O)[C@@H](Cc3cccc(Cl)c3)c3cccnc3C(N)=O)C2)cc1. The lowest BCUT2D eigenvalue weighted by Crippen LogP contribution is -2.59. The van der Waals surface area contributed by atoms with Crippen molar-refractivity contribution in [1.29, 1.82) is 0 Å². The van der Waals surface area contributed by atoms with Gasteiger partial charge in [-0.1, -0.05) is 55.8 Å². The summed E-state index contributed by atoms with van der Waals surface area (Å²) in [5.41, 5.74) is 6.81. The lowest BCUT2D eigenvalue weighted by Gasteiger charge is -2.31. The number of nitrogens with two attached hydrogens (primary N) is 1. The molecule has 296 valence electrons. The van der Waals surface area contributed by atoms with Crippen molar-refractivity contribution in [3.63, 3.8) is 0 Å². The summed E-state index contributed by atoms with van der Waals surface area (Å²) in [6.45, 7) is 0.258. The first kappa shape index (κ1) is 42.6. The molecule has 0 bridgehead atoms. The molecule has 2 heterocycles. The second-order valence-electron chi connectivity index (χ2n) is 13.2. The second-order valence-corrected chi connectivity index (χ2v) is 13.6. The maximum Gasteiger partial charge on any atom is 0.405 e. The summed E-state index contributed by atoms with van der Waals surface area (Å²) in [4.78, 5) is 71.5. The van der Waals surface area contributed by atoms with Crippen LogP contribution >= 0.6 is 11.6 Å². The van der Waals surface area contributed by atoms with E-state index in [1.807, 2.05) is 0 Å². The summed E-state index contributed by atoms with van der Waals surface area (Å²) in [6, 6.07) is 12.9. The highest BCUT2D eigenvalue weighted by molar-refractivity contribution is 6.30. The zero-order valence-corrected chi connectivity index (χ0v) is 30.6. The summed E-state index contributed by atoms with van der Waals surface area (Å²) in [6.07, 6.45) is -4.79. The molecule has 4 atom stereocenters. The highest BCUT2D eigenvalue weighted by atomic mass is 35.5. The Kier molecular flexibility index (Phi) is 13.9. The number of rotatable bonds is 16. The number of carbonyl (C=O) groups is 5. The quantitative estimate of drug-likeness (QED) is 0.142. The Morgan fingerprint density at radius 1 is 1.00 bits per heavy atom. The highest BCUT2D eigenvalue weighted by Crippen LogP contribution is 2.32. The van der Waals surface area contributed by atoms with Crippen LogP contribution in [-0.2, 0) is 36.9 Å². The third-order valence-corrected chi connectivity index (χ3v) is 9.09. The molecule has 0 radical (unpaired) electrons. The molecule has 18 heteroatoms. The maximum atomic E-state index is 15.0. The number of methoxy groups -OCH3 is 1. The number of hydrogen-bond donors (Lipinski definition) is 3. The number of benzene rings is 2. The van der Waals surface area contributed by atoms with Crippen molar-refractivity contribution in [3.05, 3.63) is 94.3 Å². The standard InChI is InChI=1S/C37H39ClF5N5O7/c1-20(2)29(31(49)37(42,43)35(53)46-19-36(39,40)41)47-33(51)28-16-25(55-18-21-9-11-24(54-3)12-10-21)17-48(28)34(52)27(15-22-6-4-7-23(38)14-22)26-8-5-13-45-30(26)32(44)50/h4-14,20,25,27-29H,15-19H2,1-3H3,(H2,44,50)(H,46,53)(H,47,51)/t25-,27+,28+,29+/m1/s1. The minimum Gasteiger partial charge on any atom is -0.497 e. The van der Waals surface area contributed by atoms with Crippen molar-refractivity contribution >= 4 is 41.0 Å². The first-order valence-electron chi connectivity index (χ1n) is 16.9. The molecule has 0 saturated carbocycles. The van der Waals surface area contributed by atoms with Crippen LogP contribution in [0.5, 0.6) is 5.75 Å². The molecule has 3 aromatic rings. The predicted molar refractivity (Wildman–Crippen MR) is 188 cm³/mol. The number of primary amides is 1. The molecule has 12 nitrogen and oxygen atoms in total. The van der Waals surface area contributed by atoms with E-state index in [9.17, 15) is 37.1 Å². The number of hydrogen-bond acceptors (Lipinski definition) is 8. The third kappa shape index (κ3) is 11.0. The van der Waals surface area contributed by atoms with E-state index >= 15 is 8.78 Å². The summed E-state index contributed by atoms with van der Waals surface area (Å²) >= 11 is 6.22. The van der Waals surface area contributed by atoms with Gasteiger partial charge in [-0.05, 0) is 59.4 Å². The van der Waals surface area contributed by atoms with Gasteiger partial charge in [0.1, 0.15) is 24.0 Å². The van der Waals surface area contributed by atoms with E-state index in [1.165, 1.54) is 39.3 Å². The second kappa shape index (κ2) is 18.0. The summed E-state index contributed by atoms with van der Waals surface area (Å²) in [7, 11) is 1.50. The molecule has 55 heavy (non-hydrogen) atoms. The molecule has 1 fully saturated rings. The molecule has 1 aromatic heterocycles. The minimum atomic E-state index is -5.04. The highest BCUT2D eigenvalue weighted by Gasteiger charge is 2.53. The van der Waals surface area contributed by atoms with Crippen LogP contribution in [0.1, 0.15) is 53.4 Å². The Bertz CT molecular complexity index is 1880. The van der Waals surface area contributed by atoms with Gasteiger partial charge >= 0.3 is 12.1 Å². The number of nitrogens with zero attached hydrogens (tertiary/aromatic N) is 2. The number of alkyl halides is 5. The van der Waals surface area contributed by atoms with Crippen molar-refractivity contribution in [3.8, 4) is 5.75 Å². The van der Waals surface area contributed by atoms with Crippen molar-refractivity contribution < 1.29 is 55.4 Å². The Balaban J connectivity index is 1.69. The van der Waals surface area contributed by atoms with Gasteiger partial charge in [0, 0.05) is 24.2 Å². The predicted octanol–water partition coefficient (Wildman–Crippen LogP) is 4.38. The fourth-order valence-corrected chi connectivity index (χ4v) is 6.28. The molecule has 4 amide bonds. The number of ether oxygens (including phenoxy) is 2. The van der Waals surface area contributed by atoms with E-state index in [4.69, 9.17) is 26.8 Å². The third-order valence-electron chi connectivity index (χ3n) is 8.86. The van der Waals surface area contributed by atoms with Gasteiger partial charge in [0.25, 0.3) is 11.8 Å². The van der Waals surface area contributed by atoms with Gasteiger partial charge in [-0.25, -0.2) is 0 Å². The van der Waals surface area contributed by atoms with Gasteiger partial charge in [-0.3, -0.25) is 29.0 Å². The summed E-state index contributed by atoms with van der Waals surface area (Å²) in [5, 5.41) is 3.56. The van der Waals surface area contributed by atoms with Crippen LogP contribution in [0.3, 0.4) is 0 Å². The van der Waals surface area contributed by atoms with Crippen LogP contribution < -0.4 is 21.1 Å². The normalized spacial score (nSPS) is 17.0. The van der Waals surface area contributed by atoms with Crippen molar-refractivity contribution in [1.82, 2.24) is 20.5 Å². The Morgan fingerprint density at radius 3 is 2.29 bits per heavy atom. The number of pyridine rings is 1. The van der Waals surface area contributed by atoms with Gasteiger partial charge < -0.3 is 30.7 Å². The average molecular weight is 796 g/mol. The molecule has 2 aromatic carbocycles. The lowest BCUT2D eigenvalue weighted by molar-refractivity contribution is -0.165. The molecule has 0 unspecified atom stereocenters. The molecule has 4 N–H and O–H groups in total. The minimum absolute atomic E-state index is 0.0256. The summed E-state index contributed by atoms with van der Waals surface area (Å²) in [5.74, 6) is -14.0. The average Bonchev–Trinajstić information content (AvgIpc) is 3.58. The number of Topliss-reactive ketones (excluding diaryl/α,β-unsaturated/α-hetero) is 1. The summed E-state index contributed by atoms with van der Waals surface area (Å²) < 4.78 is 79.2. The van der Waals surface area contributed by atoms with E-state index in [0.29, 0.717) is 21.9 Å². The zero-order chi connectivity index (χ0) is 40.7. The first-order chi connectivity index (χ1) is 25.8. The molecular formula is C37H39ClF5N5O7. The lowest BCUT2D eigenvalue weighted by atomic mass is 9.89. The fraction of sp³-hybridized carbons (Fsp3) is 0.405. The molecule has 1 saturated heterocycles. The number of nitrogens with one attached hydrogen (secondary N) is 2. The fourth-order valence-electron chi connectivity index (χ4n) is 6.06. The Labute approximate surface area is 317 Å². The van der Waals surface area contributed by atoms with Crippen LogP contribution in [-0.4, -0.2) is 89.8 Å². The van der Waals surface area contributed by atoms with Gasteiger partial charge in [-0.15, -0.1) is 0 Å². The van der Waals surface area contributed by atoms with Gasteiger partial charge in [0.05, 0.1) is 31.8 Å². The number of carbonyl (C=O) groups excluding carboxylic acids is 5. The van der Waals surface area contributed by atoms with E-state index < -0.39 is 78.1 Å². The van der Waals surface area contributed by atoms with Gasteiger partial charge in [-0.2, -0.15) is 22.0 Å². The zero-order valence-electron chi connectivity index (χ0n) is 29.9. The van der Waals surface area contributed by atoms with Crippen LogP contribution in [0.4, 0.5) is 22.0 Å². The monoisotopic (exact) mass is 795 g/mol. The van der Waals surface area contributed by atoms with Crippen LogP contribution in [0.15, 0.2) is 66.9 Å². The first-order valence-corrected chi connectivity index (χ1v) is 17.3. The van der Waals surface area contributed by atoms with Gasteiger partial charge in [0.2, 0.25) is 17.6 Å². The van der Waals surface area contributed by atoms with Gasteiger partial charge in [0.15, 0.2) is 0 Å². The van der Waals surface area contributed by atoms with Crippen LogP contribution in [0.25, 0.3) is 0 Å². The Hall–Kier alpha value is -5.16. The number of ketones is 1. The molecule has 0 spiro atoms. The smallest absolute Gasteiger partial charge is 0.405 e. The molecule has 1 aliphatic heterocycles. The number of aromatic nitrogens is 1. The van der Waals surface area contributed by atoms with Crippen molar-refractivity contribution in [2.24, 2.45) is 11.7 Å². The van der Waals surface area contributed by atoms with Crippen LogP contribution in [0.2, 0.25) is 5.02 Å². The maximum absolute atomic E-state index is 15.0.